The number of imidazole rings is 1. The minimum Gasteiger partial charge on any atom is -0.399 e. The monoisotopic (exact) mass is 286 g/mol. The van der Waals surface area contributed by atoms with Crippen LogP contribution in [0, 0.1) is 0 Å². The summed E-state index contributed by atoms with van der Waals surface area (Å²) in [4.78, 5) is 4.86. The molecule has 0 aliphatic carbocycles. The van der Waals surface area contributed by atoms with Gasteiger partial charge in [-0.15, -0.1) is 0 Å². The summed E-state index contributed by atoms with van der Waals surface area (Å²) in [6, 6.07) is 7.15. The molecule has 2 N–H and O–H groups in total. The largest absolute Gasteiger partial charge is 0.399 e. The van der Waals surface area contributed by atoms with E-state index < -0.39 is 0 Å². The summed E-state index contributed by atoms with van der Waals surface area (Å²) >= 11 is 0. The van der Waals surface area contributed by atoms with Crippen LogP contribution in [0.4, 0.5) is 5.69 Å². The number of benzene rings is 1. The van der Waals surface area contributed by atoms with E-state index in [1.807, 2.05) is 12.1 Å². The van der Waals surface area contributed by atoms with Crippen LogP contribution in [0.1, 0.15) is 58.7 Å². The lowest BCUT2D eigenvalue weighted by atomic mass is 9.99. The van der Waals surface area contributed by atoms with Crippen molar-refractivity contribution >= 4 is 16.7 Å². The molecule has 0 radical (unpaired) electrons. The van der Waals surface area contributed by atoms with Crippen LogP contribution in [0.5, 0.6) is 0 Å². The molecule has 4 nitrogen and oxygen atoms in total. The third kappa shape index (κ3) is 2.37. The van der Waals surface area contributed by atoms with Gasteiger partial charge in [0.2, 0.25) is 0 Å². The van der Waals surface area contributed by atoms with Crippen LogP contribution in [0.2, 0.25) is 0 Å². The highest BCUT2D eigenvalue weighted by atomic mass is 15.6. The van der Waals surface area contributed by atoms with Gasteiger partial charge < -0.3 is 10.7 Å². The number of nitrogen functional groups attached to an aromatic ring is 1. The Bertz CT molecular complexity index is 634. The van der Waals surface area contributed by atoms with Crippen molar-refractivity contribution in [1.29, 1.82) is 0 Å². The van der Waals surface area contributed by atoms with Crippen molar-refractivity contribution in [2.45, 2.75) is 65.0 Å². The second-order valence-corrected chi connectivity index (χ2v) is 6.69. The first kappa shape index (κ1) is 14.2. The Labute approximate surface area is 126 Å². The summed E-state index contributed by atoms with van der Waals surface area (Å²) in [6.07, 6.45) is 3.81. The van der Waals surface area contributed by atoms with Crippen LogP contribution in [-0.2, 0) is 0 Å². The van der Waals surface area contributed by atoms with E-state index in [0.29, 0.717) is 18.0 Å². The molecule has 0 amide bonds. The van der Waals surface area contributed by atoms with Crippen molar-refractivity contribution in [3.8, 4) is 0 Å². The number of rotatable bonds is 2. The number of anilines is 1. The standard InChI is InChI=1S/C17H26N4/c1-11(2)17-19-15-10-14(18)8-9-16(15)21(17)20-12(3)6-5-7-13(20)4/h8-13H,5-7,18H2,1-4H3. The molecule has 114 valence electrons. The molecule has 2 heterocycles. The van der Waals surface area contributed by atoms with E-state index in [4.69, 9.17) is 10.7 Å². The van der Waals surface area contributed by atoms with Crippen LogP contribution in [-0.4, -0.2) is 21.7 Å². The zero-order valence-electron chi connectivity index (χ0n) is 13.5. The van der Waals surface area contributed by atoms with Gasteiger partial charge in [-0.05, 0) is 51.3 Å². The maximum absolute atomic E-state index is 5.93. The van der Waals surface area contributed by atoms with Crippen molar-refractivity contribution in [3.63, 3.8) is 0 Å². The maximum atomic E-state index is 5.93. The Hall–Kier alpha value is -1.71. The highest BCUT2D eigenvalue weighted by Crippen LogP contribution is 2.29. The number of aromatic nitrogens is 2. The molecular formula is C17H26N4. The molecule has 0 saturated carbocycles. The lowest BCUT2D eigenvalue weighted by Crippen LogP contribution is -2.51. The summed E-state index contributed by atoms with van der Waals surface area (Å²) in [5.74, 6) is 1.52. The lowest BCUT2D eigenvalue weighted by molar-refractivity contribution is 0.333. The van der Waals surface area contributed by atoms with E-state index in [1.54, 1.807) is 0 Å². The predicted molar refractivity (Wildman–Crippen MR) is 89.2 cm³/mol. The van der Waals surface area contributed by atoms with Crippen molar-refractivity contribution in [2.75, 3.05) is 10.7 Å². The summed E-state index contributed by atoms with van der Waals surface area (Å²) in [6.45, 7) is 9.06. The van der Waals surface area contributed by atoms with Gasteiger partial charge in [0.05, 0.1) is 11.0 Å². The number of piperidine rings is 1. The molecule has 2 atom stereocenters. The van der Waals surface area contributed by atoms with E-state index in [0.717, 1.165) is 17.0 Å². The number of hydrogen-bond donors (Lipinski definition) is 1. The average Bonchev–Trinajstić information content (AvgIpc) is 2.77. The summed E-state index contributed by atoms with van der Waals surface area (Å²) in [7, 11) is 0. The minimum atomic E-state index is 0.389. The van der Waals surface area contributed by atoms with Gasteiger partial charge in [0.1, 0.15) is 5.82 Å². The van der Waals surface area contributed by atoms with Crippen LogP contribution in [0.3, 0.4) is 0 Å². The number of hydrogen-bond acceptors (Lipinski definition) is 3. The van der Waals surface area contributed by atoms with Gasteiger partial charge in [-0.25, -0.2) is 9.66 Å². The van der Waals surface area contributed by atoms with Crippen molar-refractivity contribution in [2.24, 2.45) is 0 Å². The Morgan fingerprint density at radius 1 is 1.19 bits per heavy atom. The third-order valence-electron chi connectivity index (χ3n) is 4.57. The predicted octanol–water partition coefficient (Wildman–Crippen LogP) is 3.64. The fourth-order valence-electron chi connectivity index (χ4n) is 3.52. The Morgan fingerprint density at radius 3 is 2.48 bits per heavy atom. The van der Waals surface area contributed by atoms with Gasteiger partial charge in [-0.2, -0.15) is 0 Å². The highest BCUT2D eigenvalue weighted by Gasteiger charge is 2.29. The van der Waals surface area contributed by atoms with Crippen molar-refractivity contribution in [3.05, 3.63) is 24.0 Å². The van der Waals surface area contributed by atoms with Crippen LogP contribution >= 0.6 is 0 Å². The second-order valence-electron chi connectivity index (χ2n) is 6.69. The molecule has 1 fully saturated rings. The molecular weight excluding hydrogens is 260 g/mol. The molecule has 0 spiro atoms. The Balaban J connectivity index is 2.21. The molecule has 4 heteroatoms. The molecule has 2 aromatic rings. The summed E-state index contributed by atoms with van der Waals surface area (Å²) in [5.41, 5.74) is 8.89. The fraction of sp³-hybridized carbons (Fsp3) is 0.588. The van der Waals surface area contributed by atoms with Gasteiger partial charge in [-0.3, -0.25) is 0 Å². The lowest BCUT2D eigenvalue weighted by Gasteiger charge is -2.42. The van der Waals surface area contributed by atoms with Crippen molar-refractivity contribution in [1.82, 2.24) is 9.66 Å². The average molecular weight is 286 g/mol. The minimum absolute atomic E-state index is 0.389. The smallest absolute Gasteiger partial charge is 0.131 e. The highest BCUT2D eigenvalue weighted by molar-refractivity contribution is 5.80. The maximum Gasteiger partial charge on any atom is 0.131 e. The molecule has 0 bridgehead atoms. The SMILES string of the molecule is CC(C)c1nc2cc(N)ccc2n1N1C(C)CCCC1C. The van der Waals surface area contributed by atoms with Gasteiger partial charge in [0.25, 0.3) is 0 Å². The topological polar surface area (TPSA) is 47.1 Å². The Morgan fingerprint density at radius 2 is 1.86 bits per heavy atom. The van der Waals surface area contributed by atoms with E-state index in [2.05, 4.69) is 43.4 Å². The molecule has 21 heavy (non-hydrogen) atoms. The molecule has 3 rings (SSSR count). The first-order chi connectivity index (χ1) is 9.99. The van der Waals surface area contributed by atoms with E-state index in [-0.39, 0.29) is 0 Å². The zero-order chi connectivity index (χ0) is 15.1. The molecule has 2 unspecified atom stereocenters. The second kappa shape index (κ2) is 5.24. The van der Waals surface area contributed by atoms with Gasteiger partial charge in [-0.1, -0.05) is 13.8 Å². The molecule has 1 aromatic carbocycles. The van der Waals surface area contributed by atoms with Crippen molar-refractivity contribution < 1.29 is 0 Å². The zero-order valence-corrected chi connectivity index (χ0v) is 13.5. The molecule has 1 aliphatic rings. The number of nitrogens with two attached hydrogens (primary N) is 1. The van der Waals surface area contributed by atoms with E-state index in [9.17, 15) is 0 Å². The van der Waals surface area contributed by atoms with Gasteiger partial charge in [0, 0.05) is 23.7 Å². The van der Waals surface area contributed by atoms with Gasteiger partial charge >= 0.3 is 0 Å². The molecule has 1 saturated heterocycles. The van der Waals surface area contributed by atoms with Gasteiger partial charge in [0.15, 0.2) is 0 Å². The molecule has 1 aromatic heterocycles. The van der Waals surface area contributed by atoms with E-state index >= 15 is 0 Å². The molecule has 1 aliphatic heterocycles. The summed E-state index contributed by atoms with van der Waals surface area (Å²) in [5, 5.41) is 2.52. The quantitative estimate of drug-likeness (QED) is 0.857. The van der Waals surface area contributed by atoms with E-state index in [1.165, 1.54) is 24.8 Å². The number of nitrogens with zero attached hydrogens (tertiary/aromatic N) is 3. The third-order valence-corrected chi connectivity index (χ3v) is 4.57. The summed E-state index contributed by atoms with van der Waals surface area (Å²) < 4.78 is 2.36. The fourth-order valence-corrected chi connectivity index (χ4v) is 3.52. The first-order valence-electron chi connectivity index (χ1n) is 8.05. The van der Waals surface area contributed by atoms with Crippen LogP contribution in [0.25, 0.3) is 11.0 Å². The van der Waals surface area contributed by atoms with Crippen LogP contribution < -0.4 is 10.7 Å². The van der Waals surface area contributed by atoms with Crippen LogP contribution in [0.15, 0.2) is 18.2 Å². The number of fused-ring (bicyclic) bond motifs is 1. The Kier molecular flexibility index (Phi) is 3.56. The normalized spacial score (nSPS) is 23.2. The first-order valence-corrected chi connectivity index (χ1v) is 8.05.